The van der Waals surface area contributed by atoms with Crippen LogP contribution in [0.25, 0.3) is 44.3 Å². The molecule has 166 valence electrons. The maximum Gasteiger partial charge on any atom is 0.0780 e. The Morgan fingerprint density at radius 3 is 2.18 bits per heavy atom. The molecule has 0 bridgehead atoms. The van der Waals surface area contributed by atoms with Crippen molar-refractivity contribution < 1.29 is 0 Å². The maximum absolute atomic E-state index is 4.84. The average Bonchev–Trinajstić information content (AvgIpc) is 2.97. The molecule has 0 saturated heterocycles. The molecule has 0 N–H and O–H groups in total. The summed E-state index contributed by atoms with van der Waals surface area (Å²) < 4.78 is 0. The Kier molecular flexibility index (Phi) is 5.08. The first-order chi connectivity index (χ1) is 16.5. The van der Waals surface area contributed by atoms with Crippen LogP contribution in [0.15, 0.2) is 107 Å². The lowest BCUT2D eigenvalue weighted by Gasteiger charge is -2.18. The van der Waals surface area contributed by atoms with Gasteiger partial charge in [0, 0.05) is 26.9 Å². The van der Waals surface area contributed by atoms with Gasteiger partial charge in [0.2, 0.25) is 0 Å². The smallest absolute Gasteiger partial charge is 0.0780 e. The van der Waals surface area contributed by atoms with Crippen molar-refractivity contribution >= 4 is 22.5 Å². The Labute approximate surface area is 205 Å². The monoisotopic (exact) mass is 457 g/mol. The molecule has 1 nitrogen and oxygen atoms in total. The van der Waals surface area contributed by atoms with Gasteiger partial charge in [-0.05, 0) is 69.3 Å². The van der Waals surface area contributed by atoms with Crippen LogP contribution in [0.2, 0.25) is 0 Å². The first-order valence-corrected chi connectivity index (χ1v) is 12.7. The minimum Gasteiger partial charge on any atom is -0.256 e. The number of rotatable bonds is 2. The van der Waals surface area contributed by atoms with E-state index in [0.29, 0.717) is 0 Å². The van der Waals surface area contributed by atoms with Gasteiger partial charge in [-0.25, -0.2) is 0 Å². The van der Waals surface area contributed by atoms with Crippen LogP contribution in [0.3, 0.4) is 0 Å². The number of pyridine rings is 1. The van der Waals surface area contributed by atoms with E-state index in [1.54, 1.807) is 0 Å². The van der Waals surface area contributed by atoms with Gasteiger partial charge in [-0.3, -0.25) is 4.98 Å². The molecule has 34 heavy (non-hydrogen) atoms. The van der Waals surface area contributed by atoms with E-state index in [1.165, 1.54) is 48.4 Å². The number of fused-ring (bicyclic) bond motifs is 6. The van der Waals surface area contributed by atoms with Crippen LogP contribution in [0.5, 0.6) is 0 Å². The van der Waals surface area contributed by atoms with Crippen molar-refractivity contribution in [3.63, 3.8) is 0 Å². The van der Waals surface area contributed by atoms with E-state index in [0.717, 1.165) is 17.7 Å². The van der Waals surface area contributed by atoms with Gasteiger partial charge < -0.3 is 0 Å². The van der Waals surface area contributed by atoms with Crippen LogP contribution in [0, 0.1) is 5.41 Å². The van der Waals surface area contributed by atoms with Crippen molar-refractivity contribution in [3.8, 4) is 33.5 Å². The molecule has 1 aliphatic rings. The normalized spacial score (nSPS) is 12.6. The third-order valence-corrected chi connectivity index (χ3v) is 7.58. The van der Waals surface area contributed by atoms with Gasteiger partial charge in [-0.1, -0.05) is 99.3 Å². The van der Waals surface area contributed by atoms with Gasteiger partial charge in [-0.2, -0.15) is 0 Å². The number of aromatic nitrogens is 1. The van der Waals surface area contributed by atoms with Crippen molar-refractivity contribution in [2.75, 3.05) is 0 Å². The molecule has 1 aliphatic heterocycles. The molecular weight excluding hydrogens is 430 g/mol. The second-order valence-electron chi connectivity index (χ2n) is 10.3. The maximum atomic E-state index is 4.84. The fourth-order valence-electron chi connectivity index (χ4n) is 5.01. The van der Waals surface area contributed by atoms with Crippen LogP contribution in [0.1, 0.15) is 26.3 Å². The third kappa shape index (κ3) is 3.82. The largest absolute Gasteiger partial charge is 0.256 e. The highest BCUT2D eigenvalue weighted by atomic mass is 32.2. The fourth-order valence-corrected chi connectivity index (χ4v) is 6.09. The lowest BCUT2D eigenvalue weighted by atomic mass is 9.87. The second-order valence-corrected chi connectivity index (χ2v) is 11.4. The van der Waals surface area contributed by atoms with Crippen LogP contribution in [-0.4, -0.2) is 4.98 Å². The van der Waals surface area contributed by atoms with E-state index in [-0.39, 0.29) is 5.41 Å². The van der Waals surface area contributed by atoms with Crippen molar-refractivity contribution in [2.45, 2.75) is 37.0 Å². The minimum absolute atomic E-state index is 0.267. The topological polar surface area (TPSA) is 12.9 Å². The summed E-state index contributed by atoms with van der Waals surface area (Å²) in [5.74, 6) is 0. The summed E-state index contributed by atoms with van der Waals surface area (Å²) in [5.41, 5.74) is 9.00. The van der Waals surface area contributed by atoms with E-state index >= 15 is 0 Å². The van der Waals surface area contributed by atoms with Gasteiger partial charge in [0.25, 0.3) is 0 Å². The van der Waals surface area contributed by atoms with Crippen LogP contribution in [-0.2, 0) is 6.42 Å². The first kappa shape index (κ1) is 21.2. The molecule has 0 spiro atoms. The molecule has 0 fully saturated rings. The van der Waals surface area contributed by atoms with E-state index in [1.807, 2.05) is 18.0 Å². The third-order valence-electron chi connectivity index (χ3n) is 6.43. The van der Waals surface area contributed by atoms with E-state index in [9.17, 15) is 0 Å². The molecule has 0 unspecified atom stereocenters. The molecular formula is C32H27NS. The fraction of sp³-hybridized carbons (Fsp3) is 0.156. The molecule has 1 aromatic heterocycles. The van der Waals surface area contributed by atoms with Gasteiger partial charge >= 0.3 is 0 Å². The van der Waals surface area contributed by atoms with Gasteiger partial charge in [-0.15, -0.1) is 0 Å². The zero-order valence-electron chi connectivity index (χ0n) is 19.8. The van der Waals surface area contributed by atoms with E-state index in [2.05, 4.69) is 112 Å². The molecule has 0 aliphatic carbocycles. The lowest BCUT2D eigenvalue weighted by Crippen LogP contribution is -2.08. The SMILES string of the molecule is CC(C)(C)Cc1ccc2c(-c3ccc4c(c3)-c3ccccc3-c3ccccc3S4)nccc2c1. The number of hydrogen-bond acceptors (Lipinski definition) is 2. The summed E-state index contributed by atoms with van der Waals surface area (Å²) in [7, 11) is 0. The summed E-state index contributed by atoms with van der Waals surface area (Å²) in [4.78, 5) is 7.43. The Morgan fingerprint density at radius 2 is 1.38 bits per heavy atom. The molecule has 6 rings (SSSR count). The zero-order chi connectivity index (χ0) is 23.3. The Bertz CT molecular complexity index is 1540. The summed E-state index contributed by atoms with van der Waals surface area (Å²) in [5, 5.41) is 2.46. The van der Waals surface area contributed by atoms with Gasteiger partial charge in [0.05, 0.1) is 5.69 Å². The average molecular weight is 458 g/mol. The Morgan fingerprint density at radius 1 is 0.676 bits per heavy atom. The Hall–Kier alpha value is -3.36. The molecule has 4 aromatic carbocycles. The van der Waals surface area contributed by atoms with Crippen LogP contribution in [0.4, 0.5) is 0 Å². The Balaban J connectivity index is 1.51. The molecule has 2 heterocycles. The predicted octanol–water partition coefficient (Wildman–Crippen LogP) is 9.29. The minimum atomic E-state index is 0.267. The van der Waals surface area contributed by atoms with Crippen molar-refractivity contribution in [2.24, 2.45) is 5.41 Å². The van der Waals surface area contributed by atoms with Crippen molar-refractivity contribution in [1.82, 2.24) is 4.98 Å². The van der Waals surface area contributed by atoms with Crippen LogP contribution >= 0.6 is 11.8 Å². The summed E-state index contributed by atoms with van der Waals surface area (Å²) in [6.45, 7) is 6.87. The van der Waals surface area contributed by atoms with Crippen LogP contribution < -0.4 is 0 Å². The summed E-state index contributed by atoms with van der Waals surface area (Å²) in [6.07, 6.45) is 3.01. The second kappa shape index (κ2) is 8.14. The van der Waals surface area contributed by atoms with Gasteiger partial charge in [0.15, 0.2) is 0 Å². The van der Waals surface area contributed by atoms with Gasteiger partial charge in [0.1, 0.15) is 0 Å². The number of benzene rings is 4. The molecule has 0 radical (unpaired) electrons. The first-order valence-electron chi connectivity index (χ1n) is 11.8. The summed E-state index contributed by atoms with van der Waals surface area (Å²) in [6, 6.07) is 33.3. The highest BCUT2D eigenvalue weighted by Crippen LogP contribution is 2.48. The lowest BCUT2D eigenvalue weighted by molar-refractivity contribution is 0.411. The van der Waals surface area contributed by atoms with E-state index in [4.69, 9.17) is 4.98 Å². The van der Waals surface area contributed by atoms with Crippen molar-refractivity contribution in [1.29, 1.82) is 0 Å². The highest BCUT2D eigenvalue weighted by Gasteiger charge is 2.20. The number of hydrogen-bond donors (Lipinski definition) is 0. The van der Waals surface area contributed by atoms with Crippen molar-refractivity contribution in [3.05, 3.63) is 103 Å². The molecule has 5 aromatic rings. The summed E-state index contributed by atoms with van der Waals surface area (Å²) >= 11 is 1.85. The number of nitrogens with zero attached hydrogens (tertiary/aromatic N) is 1. The highest BCUT2D eigenvalue weighted by molar-refractivity contribution is 7.99. The quantitative estimate of drug-likeness (QED) is 0.257. The predicted molar refractivity (Wildman–Crippen MR) is 145 cm³/mol. The zero-order valence-corrected chi connectivity index (χ0v) is 20.6. The molecule has 2 heteroatoms. The molecule has 0 saturated carbocycles. The molecule has 0 atom stereocenters. The molecule has 0 amide bonds. The van der Waals surface area contributed by atoms with E-state index < -0.39 is 0 Å². The standard InChI is InChI=1S/C32H27NS/c1-32(2,3)20-21-12-14-24-22(18-21)16-17-33-31(24)23-13-15-30-28(19-23)26-9-5-4-8-25(26)27-10-6-7-11-29(27)34-30/h4-19H,20H2,1-3H3.